The predicted octanol–water partition coefficient (Wildman–Crippen LogP) is 4.72. The maximum atomic E-state index is 13.6. The van der Waals surface area contributed by atoms with E-state index in [1.165, 1.54) is 4.90 Å². The SMILES string of the molecule is COc1ccc(OC)c(NC2=C(c3ccccc3)C(=O)N(c3ccc(C)cc3C)C2=O)c1. The predicted molar refractivity (Wildman–Crippen MR) is 125 cm³/mol. The van der Waals surface area contributed by atoms with Crippen molar-refractivity contribution in [3.05, 3.63) is 89.1 Å². The van der Waals surface area contributed by atoms with Crippen molar-refractivity contribution in [2.24, 2.45) is 0 Å². The molecule has 0 unspecified atom stereocenters. The van der Waals surface area contributed by atoms with Crippen LogP contribution in [0.25, 0.3) is 5.57 Å². The Kier molecular flexibility index (Phi) is 5.69. The normalized spacial score (nSPS) is 13.6. The zero-order valence-electron chi connectivity index (χ0n) is 18.4. The van der Waals surface area contributed by atoms with E-state index in [2.05, 4.69) is 5.32 Å². The number of benzene rings is 3. The first-order valence-corrected chi connectivity index (χ1v) is 10.2. The number of carbonyl (C=O) groups excluding carboxylic acids is 2. The summed E-state index contributed by atoms with van der Waals surface area (Å²) in [4.78, 5) is 28.4. The number of hydrogen-bond donors (Lipinski definition) is 1. The number of anilines is 2. The highest BCUT2D eigenvalue weighted by Crippen LogP contribution is 2.37. The van der Waals surface area contributed by atoms with Gasteiger partial charge in [-0.2, -0.15) is 0 Å². The van der Waals surface area contributed by atoms with E-state index in [9.17, 15) is 9.59 Å². The average molecular weight is 428 g/mol. The van der Waals surface area contributed by atoms with Crippen LogP contribution in [0.2, 0.25) is 0 Å². The van der Waals surface area contributed by atoms with E-state index in [0.717, 1.165) is 11.1 Å². The summed E-state index contributed by atoms with van der Waals surface area (Å²) in [5, 5.41) is 3.16. The number of amides is 2. The van der Waals surface area contributed by atoms with Crippen molar-refractivity contribution in [1.82, 2.24) is 0 Å². The van der Waals surface area contributed by atoms with Gasteiger partial charge in [-0.25, -0.2) is 4.90 Å². The lowest BCUT2D eigenvalue weighted by molar-refractivity contribution is -0.120. The van der Waals surface area contributed by atoms with Crippen molar-refractivity contribution in [2.45, 2.75) is 13.8 Å². The van der Waals surface area contributed by atoms with Crippen LogP contribution in [0.15, 0.2) is 72.4 Å². The Morgan fingerprint density at radius 2 is 1.56 bits per heavy atom. The van der Waals surface area contributed by atoms with Crippen LogP contribution in [0.5, 0.6) is 11.5 Å². The molecule has 3 aromatic rings. The van der Waals surface area contributed by atoms with E-state index in [1.54, 1.807) is 38.5 Å². The van der Waals surface area contributed by atoms with Gasteiger partial charge >= 0.3 is 0 Å². The van der Waals surface area contributed by atoms with Crippen molar-refractivity contribution in [3.63, 3.8) is 0 Å². The van der Waals surface area contributed by atoms with Crippen molar-refractivity contribution in [1.29, 1.82) is 0 Å². The van der Waals surface area contributed by atoms with Crippen molar-refractivity contribution in [2.75, 3.05) is 24.4 Å². The molecule has 1 N–H and O–H groups in total. The molecule has 32 heavy (non-hydrogen) atoms. The molecular formula is C26H24N2O4. The molecule has 0 spiro atoms. The van der Waals surface area contributed by atoms with Crippen LogP contribution < -0.4 is 19.7 Å². The van der Waals surface area contributed by atoms with Crippen LogP contribution in [0.1, 0.15) is 16.7 Å². The molecule has 0 fully saturated rings. The summed E-state index contributed by atoms with van der Waals surface area (Å²) in [6.45, 7) is 3.86. The Labute approximate surface area is 187 Å². The Morgan fingerprint density at radius 3 is 2.22 bits per heavy atom. The highest BCUT2D eigenvalue weighted by Gasteiger charge is 2.41. The second kappa shape index (κ2) is 8.59. The third kappa shape index (κ3) is 3.71. The number of nitrogens with zero attached hydrogens (tertiary/aromatic N) is 1. The number of carbonyl (C=O) groups is 2. The Hall–Kier alpha value is -4.06. The lowest BCUT2D eigenvalue weighted by atomic mass is 10.0. The van der Waals surface area contributed by atoms with E-state index in [1.807, 2.05) is 56.3 Å². The lowest BCUT2D eigenvalue weighted by Gasteiger charge is -2.18. The molecule has 162 valence electrons. The molecule has 2 amide bonds. The lowest BCUT2D eigenvalue weighted by Crippen LogP contribution is -2.33. The number of rotatable bonds is 6. The van der Waals surface area contributed by atoms with Crippen LogP contribution in [0.3, 0.4) is 0 Å². The van der Waals surface area contributed by atoms with Crippen molar-refractivity contribution in [3.8, 4) is 11.5 Å². The van der Waals surface area contributed by atoms with Crippen molar-refractivity contribution < 1.29 is 19.1 Å². The fourth-order valence-corrected chi connectivity index (χ4v) is 3.84. The minimum atomic E-state index is -0.425. The maximum absolute atomic E-state index is 13.6. The first-order chi connectivity index (χ1) is 15.4. The van der Waals surface area contributed by atoms with E-state index in [4.69, 9.17) is 9.47 Å². The van der Waals surface area contributed by atoms with Gasteiger partial charge in [-0.15, -0.1) is 0 Å². The molecule has 6 nitrogen and oxygen atoms in total. The molecule has 0 saturated heterocycles. The zero-order valence-corrected chi connectivity index (χ0v) is 18.4. The number of nitrogens with one attached hydrogen (secondary N) is 1. The number of hydrogen-bond acceptors (Lipinski definition) is 5. The molecular weight excluding hydrogens is 404 g/mol. The van der Waals surface area contributed by atoms with Gasteiger partial charge in [0.15, 0.2) is 0 Å². The van der Waals surface area contributed by atoms with E-state index in [0.29, 0.717) is 34.0 Å². The Balaban J connectivity index is 1.86. The third-order valence-corrected chi connectivity index (χ3v) is 5.41. The number of methoxy groups -OCH3 is 2. The molecule has 0 aromatic heterocycles. The second-order valence-corrected chi connectivity index (χ2v) is 7.54. The minimum absolute atomic E-state index is 0.188. The Morgan fingerprint density at radius 1 is 0.812 bits per heavy atom. The molecule has 6 heteroatoms. The fraction of sp³-hybridized carbons (Fsp3) is 0.154. The maximum Gasteiger partial charge on any atom is 0.282 e. The zero-order chi connectivity index (χ0) is 22.8. The van der Waals surface area contributed by atoms with E-state index < -0.39 is 5.91 Å². The summed E-state index contributed by atoms with van der Waals surface area (Å²) >= 11 is 0. The van der Waals surface area contributed by atoms with Gasteiger partial charge in [0, 0.05) is 6.07 Å². The molecule has 3 aromatic carbocycles. The average Bonchev–Trinajstić information content (AvgIpc) is 3.04. The molecule has 1 heterocycles. The summed E-state index contributed by atoms with van der Waals surface area (Å²) < 4.78 is 10.8. The third-order valence-electron chi connectivity index (χ3n) is 5.41. The highest BCUT2D eigenvalue weighted by molar-refractivity contribution is 6.46. The largest absolute Gasteiger partial charge is 0.497 e. The van der Waals surface area contributed by atoms with Gasteiger partial charge < -0.3 is 14.8 Å². The van der Waals surface area contributed by atoms with E-state index in [-0.39, 0.29) is 11.6 Å². The van der Waals surface area contributed by atoms with Crippen LogP contribution in [0.4, 0.5) is 11.4 Å². The van der Waals surface area contributed by atoms with E-state index >= 15 is 0 Å². The molecule has 1 aliphatic heterocycles. The van der Waals surface area contributed by atoms with Gasteiger partial charge in [0.25, 0.3) is 11.8 Å². The van der Waals surface area contributed by atoms with Gasteiger partial charge in [0.1, 0.15) is 17.2 Å². The monoisotopic (exact) mass is 428 g/mol. The van der Waals surface area contributed by atoms with Gasteiger partial charge in [-0.1, -0.05) is 48.0 Å². The van der Waals surface area contributed by atoms with Crippen LogP contribution >= 0.6 is 0 Å². The van der Waals surface area contributed by atoms with Gasteiger partial charge in [-0.05, 0) is 43.2 Å². The summed E-state index contributed by atoms with van der Waals surface area (Å²) in [6, 6.07) is 20.1. The van der Waals surface area contributed by atoms with Crippen LogP contribution in [0, 0.1) is 13.8 Å². The number of imide groups is 1. The number of aryl methyl sites for hydroxylation is 2. The topological polar surface area (TPSA) is 67.9 Å². The summed E-state index contributed by atoms with van der Waals surface area (Å²) in [6.07, 6.45) is 0. The van der Waals surface area contributed by atoms with Gasteiger partial charge in [-0.3, -0.25) is 9.59 Å². The molecule has 1 aliphatic rings. The molecule has 4 rings (SSSR count). The fourth-order valence-electron chi connectivity index (χ4n) is 3.84. The Bertz CT molecular complexity index is 1230. The molecule has 0 radical (unpaired) electrons. The van der Waals surface area contributed by atoms with Crippen LogP contribution in [-0.2, 0) is 9.59 Å². The van der Waals surface area contributed by atoms with Gasteiger partial charge in [0.05, 0.1) is 31.2 Å². The van der Waals surface area contributed by atoms with Crippen molar-refractivity contribution >= 4 is 28.8 Å². The number of ether oxygens (including phenoxy) is 2. The smallest absolute Gasteiger partial charge is 0.282 e. The highest BCUT2D eigenvalue weighted by atomic mass is 16.5. The molecule has 0 aliphatic carbocycles. The minimum Gasteiger partial charge on any atom is -0.497 e. The molecule has 0 atom stereocenters. The quantitative estimate of drug-likeness (QED) is 0.576. The molecule has 0 saturated carbocycles. The van der Waals surface area contributed by atoms with Crippen LogP contribution in [-0.4, -0.2) is 26.0 Å². The molecule has 0 bridgehead atoms. The first-order valence-electron chi connectivity index (χ1n) is 10.2. The summed E-state index contributed by atoms with van der Waals surface area (Å²) in [7, 11) is 3.11. The van der Waals surface area contributed by atoms with Gasteiger partial charge in [0.2, 0.25) is 0 Å². The summed E-state index contributed by atoms with van der Waals surface area (Å²) in [5.41, 5.74) is 4.14. The first kappa shape index (κ1) is 21.2. The standard InChI is InChI=1S/C26H24N2O4/c1-16-10-12-21(17(2)14-16)28-25(29)23(18-8-6-5-7-9-18)24(26(28)30)27-20-15-19(31-3)11-13-22(20)32-4/h5-15,27H,1-4H3. The second-order valence-electron chi connectivity index (χ2n) is 7.54. The summed E-state index contributed by atoms with van der Waals surface area (Å²) in [5.74, 6) is 0.317.